The smallest absolute Gasteiger partial charge is 0.312 e. The van der Waals surface area contributed by atoms with E-state index in [4.69, 9.17) is 9.15 Å². The van der Waals surface area contributed by atoms with Crippen molar-refractivity contribution < 1.29 is 32.2 Å². The lowest BCUT2D eigenvalue weighted by atomic mass is 9.84. The quantitative estimate of drug-likeness (QED) is 0.270. The third kappa shape index (κ3) is 3.03. The molecule has 0 spiro atoms. The van der Waals surface area contributed by atoms with Gasteiger partial charge in [0.15, 0.2) is 17.5 Å². The van der Waals surface area contributed by atoms with E-state index in [0.29, 0.717) is 5.56 Å². The maximum absolute atomic E-state index is 13.9. The Balaban J connectivity index is 1.80. The Morgan fingerprint density at radius 2 is 1.66 bits per heavy atom. The van der Waals surface area contributed by atoms with Gasteiger partial charge in [0, 0.05) is 17.5 Å². The molecular formula is C24H13F3O5. The summed E-state index contributed by atoms with van der Waals surface area (Å²) in [5, 5.41) is 10.4. The van der Waals surface area contributed by atoms with Crippen LogP contribution in [-0.4, -0.2) is 11.1 Å². The maximum Gasteiger partial charge on any atom is 0.312 e. The van der Waals surface area contributed by atoms with Gasteiger partial charge in [0.2, 0.25) is 5.43 Å². The summed E-state index contributed by atoms with van der Waals surface area (Å²) < 4.78 is 52.2. The summed E-state index contributed by atoms with van der Waals surface area (Å²) >= 11 is 0. The fourth-order valence-electron chi connectivity index (χ4n) is 4.01. The van der Waals surface area contributed by atoms with Crippen molar-refractivity contribution in [2.75, 3.05) is 0 Å². The molecule has 32 heavy (non-hydrogen) atoms. The van der Waals surface area contributed by atoms with E-state index in [0.717, 1.165) is 18.2 Å². The van der Waals surface area contributed by atoms with E-state index in [1.807, 2.05) is 0 Å². The van der Waals surface area contributed by atoms with Gasteiger partial charge in [0.1, 0.15) is 28.7 Å². The van der Waals surface area contributed by atoms with Crippen LogP contribution in [-0.2, 0) is 4.79 Å². The average molecular weight is 438 g/mol. The highest BCUT2D eigenvalue weighted by molar-refractivity contribution is 5.94. The van der Waals surface area contributed by atoms with Crippen LogP contribution in [0, 0.1) is 17.5 Å². The second-order valence-electron chi connectivity index (χ2n) is 7.39. The van der Waals surface area contributed by atoms with Gasteiger partial charge in [0.25, 0.3) is 0 Å². The number of phenols is 1. The summed E-state index contributed by atoms with van der Waals surface area (Å²) in [4.78, 5) is 25.3. The van der Waals surface area contributed by atoms with Crippen molar-refractivity contribution in [3.05, 3.63) is 93.6 Å². The number of ether oxygens (including phenoxy) is 1. The normalized spacial score (nSPS) is 15.5. The van der Waals surface area contributed by atoms with Crippen molar-refractivity contribution >= 4 is 16.9 Å². The summed E-state index contributed by atoms with van der Waals surface area (Å²) in [5.41, 5.74) is 0.236. The van der Waals surface area contributed by atoms with Crippen molar-refractivity contribution in [3.8, 4) is 22.6 Å². The Morgan fingerprint density at radius 1 is 0.969 bits per heavy atom. The van der Waals surface area contributed by atoms with Crippen LogP contribution in [0.3, 0.4) is 0 Å². The van der Waals surface area contributed by atoms with E-state index in [1.54, 1.807) is 30.3 Å². The molecule has 1 aliphatic heterocycles. The van der Waals surface area contributed by atoms with Crippen LogP contribution in [0.4, 0.5) is 13.2 Å². The van der Waals surface area contributed by atoms with Gasteiger partial charge < -0.3 is 14.3 Å². The molecule has 3 aromatic carbocycles. The van der Waals surface area contributed by atoms with E-state index >= 15 is 0 Å². The molecular weight excluding hydrogens is 425 g/mol. The first-order valence-corrected chi connectivity index (χ1v) is 9.57. The van der Waals surface area contributed by atoms with Gasteiger partial charge in [-0.15, -0.1) is 0 Å². The Bertz CT molecular complexity index is 1440. The summed E-state index contributed by atoms with van der Waals surface area (Å²) in [6, 6.07) is 11.3. The molecule has 1 aromatic heterocycles. The monoisotopic (exact) mass is 438 g/mol. The predicted molar refractivity (Wildman–Crippen MR) is 108 cm³/mol. The molecule has 0 amide bonds. The van der Waals surface area contributed by atoms with Crippen LogP contribution in [0.15, 0.2) is 64.0 Å². The first-order chi connectivity index (χ1) is 15.3. The third-order valence-corrected chi connectivity index (χ3v) is 5.46. The number of rotatable bonds is 2. The number of carbonyl (C=O) groups excluding carboxylic acids is 1. The Labute approximate surface area is 178 Å². The van der Waals surface area contributed by atoms with Crippen LogP contribution in [0.1, 0.15) is 23.5 Å². The summed E-state index contributed by atoms with van der Waals surface area (Å²) in [6.07, 6.45) is 0.876. The molecule has 1 atom stereocenters. The summed E-state index contributed by atoms with van der Waals surface area (Å²) in [6.45, 7) is 0. The summed E-state index contributed by atoms with van der Waals surface area (Å²) in [7, 11) is 0. The average Bonchev–Trinajstić information content (AvgIpc) is 2.77. The SMILES string of the molecule is O=C1CC(c2cc(F)c(F)c(F)c2)c2c(cc(O)c3c(=O)c(-c4ccccc4)coc23)O1. The fourth-order valence-corrected chi connectivity index (χ4v) is 4.01. The number of esters is 1. The van der Waals surface area contributed by atoms with E-state index < -0.39 is 40.5 Å². The topological polar surface area (TPSA) is 76.7 Å². The molecule has 0 saturated heterocycles. The number of benzene rings is 3. The molecule has 1 aliphatic rings. The number of fused-ring (bicyclic) bond motifs is 3. The molecule has 2 heterocycles. The zero-order valence-electron chi connectivity index (χ0n) is 16.2. The Hall–Kier alpha value is -4.07. The predicted octanol–water partition coefficient (Wildman–Crippen LogP) is 5.02. The molecule has 160 valence electrons. The van der Waals surface area contributed by atoms with Gasteiger partial charge in [-0.2, -0.15) is 0 Å². The summed E-state index contributed by atoms with van der Waals surface area (Å²) in [5.74, 6) is -6.79. The van der Waals surface area contributed by atoms with E-state index in [-0.39, 0.29) is 39.8 Å². The molecule has 1 N–H and O–H groups in total. The van der Waals surface area contributed by atoms with Crippen LogP contribution < -0.4 is 10.2 Å². The zero-order chi connectivity index (χ0) is 22.6. The molecule has 0 radical (unpaired) electrons. The van der Waals surface area contributed by atoms with Gasteiger partial charge in [-0.25, -0.2) is 13.2 Å². The van der Waals surface area contributed by atoms with Gasteiger partial charge in [-0.1, -0.05) is 30.3 Å². The Kier molecular flexibility index (Phi) is 4.51. The number of hydrogen-bond acceptors (Lipinski definition) is 5. The van der Waals surface area contributed by atoms with Crippen molar-refractivity contribution in [1.29, 1.82) is 0 Å². The lowest BCUT2D eigenvalue weighted by Crippen LogP contribution is -2.22. The van der Waals surface area contributed by atoms with Crippen LogP contribution >= 0.6 is 0 Å². The largest absolute Gasteiger partial charge is 0.507 e. The molecule has 5 rings (SSSR count). The molecule has 8 heteroatoms. The van der Waals surface area contributed by atoms with E-state index in [2.05, 4.69) is 0 Å². The van der Waals surface area contributed by atoms with Crippen LogP contribution in [0.2, 0.25) is 0 Å². The second-order valence-corrected chi connectivity index (χ2v) is 7.39. The maximum atomic E-state index is 13.9. The van der Waals surface area contributed by atoms with Gasteiger partial charge in [0.05, 0.1) is 12.0 Å². The van der Waals surface area contributed by atoms with E-state index in [1.165, 1.54) is 6.26 Å². The number of phenolic OH excluding ortho intramolecular Hbond substituents is 1. The molecule has 0 bridgehead atoms. The van der Waals surface area contributed by atoms with Crippen molar-refractivity contribution in [1.82, 2.24) is 0 Å². The molecule has 5 nitrogen and oxygen atoms in total. The highest BCUT2D eigenvalue weighted by atomic mass is 19.2. The van der Waals surface area contributed by atoms with Gasteiger partial charge in [-0.3, -0.25) is 9.59 Å². The number of aromatic hydroxyl groups is 1. The Morgan fingerprint density at radius 3 is 2.34 bits per heavy atom. The first kappa shape index (κ1) is 19.9. The molecule has 0 aliphatic carbocycles. The lowest BCUT2D eigenvalue weighted by Gasteiger charge is -2.26. The third-order valence-electron chi connectivity index (χ3n) is 5.46. The highest BCUT2D eigenvalue weighted by Crippen LogP contribution is 2.46. The standard InChI is InChI=1S/C24H13F3O5/c25-15-6-12(7-16(26)22(15)27)13-8-19(29)32-18-9-17(28)21-23(30)14(10-31-24(21)20(13)18)11-4-2-1-3-5-11/h1-7,9-10,13,28H,8H2. The van der Waals surface area contributed by atoms with Gasteiger partial charge >= 0.3 is 5.97 Å². The van der Waals surface area contributed by atoms with Crippen molar-refractivity contribution in [2.45, 2.75) is 12.3 Å². The minimum absolute atomic E-state index is 0.0407. The lowest BCUT2D eigenvalue weighted by molar-refractivity contribution is -0.135. The van der Waals surface area contributed by atoms with Crippen molar-refractivity contribution in [2.24, 2.45) is 0 Å². The molecule has 4 aromatic rings. The fraction of sp³-hybridized carbons (Fsp3) is 0.0833. The zero-order valence-corrected chi connectivity index (χ0v) is 16.2. The van der Waals surface area contributed by atoms with Crippen molar-refractivity contribution in [3.63, 3.8) is 0 Å². The molecule has 0 fully saturated rings. The second kappa shape index (κ2) is 7.26. The van der Waals surface area contributed by atoms with Gasteiger partial charge in [-0.05, 0) is 23.3 Å². The first-order valence-electron chi connectivity index (χ1n) is 9.57. The highest BCUT2D eigenvalue weighted by Gasteiger charge is 2.34. The number of halogens is 3. The van der Waals surface area contributed by atoms with E-state index in [9.17, 15) is 27.9 Å². The molecule has 0 saturated carbocycles. The number of carbonyl (C=O) groups is 1. The number of hydrogen-bond donors (Lipinski definition) is 1. The molecule has 1 unspecified atom stereocenters. The van der Waals surface area contributed by atoms with Crippen LogP contribution in [0.5, 0.6) is 11.5 Å². The van der Waals surface area contributed by atoms with Crippen LogP contribution in [0.25, 0.3) is 22.1 Å². The minimum Gasteiger partial charge on any atom is -0.507 e. The minimum atomic E-state index is -1.64.